The van der Waals surface area contributed by atoms with Crippen LogP contribution in [-0.2, 0) is 0 Å². The minimum Gasteiger partial charge on any atom is -0.308 e. The lowest BCUT2D eigenvalue weighted by Gasteiger charge is -2.38. The highest BCUT2D eigenvalue weighted by Gasteiger charge is 2.39. The number of hydrogen-bond acceptors (Lipinski definition) is 5. The fraction of sp³-hybridized carbons (Fsp3) is 0.0588. The van der Waals surface area contributed by atoms with Crippen LogP contribution in [0.15, 0.2) is 123 Å². The fourth-order valence-corrected chi connectivity index (χ4v) is 12.9. The minimum atomic E-state index is -2.21. The highest BCUT2D eigenvalue weighted by molar-refractivity contribution is 8.00. The quantitative estimate of drug-likeness (QED) is 0.198. The summed E-state index contributed by atoms with van der Waals surface area (Å²) in [6.07, 6.45) is 0. The lowest BCUT2D eigenvalue weighted by atomic mass is 9.94. The Morgan fingerprint density at radius 3 is 1.80 bits per heavy atom. The molecule has 7 rings (SSSR count). The van der Waals surface area contributed by atoms with Gasteiger partial charge in [-0.3, -0.25) is 0 Å². The van der Waals surface area contributed by atoms with E-state index in [0.717, 1.165) is 28.2 Å². The molecule has 6 heteroatoms. The van der Waals surface area contributed by atoms with Crippen molar-refractivity contribution in [2.75, 3.05) is 4.90 Å². The van der Waals surface area contributed by atoms with E-state index in [1.807, 2.05) is 12.1 Å². The van der Waals surface area contributed by atoms with E-state index in [2.05, 4.69) is 115 Å². The molecule has 3 nitrogen and oxygen atoms in total. The van der Waals surface area contributed by atoms with Crippen molar-refractivity contribution in [3.8, 4) is 23.3 Å². The van der Waals surface area contributed by atoms with Gasteiger partial charge in [0, 0.05) is 30.8 Å². The second-order valence-electron chi connectivity index (χ2n) is 10.4. The molecule has 0 N–H and O–H groups in total. The summed E-state index contributed by atoms with van der Waals surface area (Å²) in [5.74, 6) is 0. The summed E-state index contributed by atoms with van der Waals surface area (Å²) >= 11 is 3.59. The van der Waals surface area contributed by atoms with Crippen LogP contribution in [-0.4, -0.2) is 8.07 Å². The molecular formula is C34H23N3S2Si. The first-order valence-corrected chi connectivity index (χ1v) is 17.7. The molecule has 2 aliphatic heterocycles. The Morgan fingerprint density at radius 1 is 0.625 bits per heavy atom. The van der Waals surface area contributed by atoms with Gasteiger partial charge in [0.25, 0.3) is 0 Å². The van der Waals surface area contributed by atoms with Crippen LogP contribution in [0.2, 0.25) is 13.1 Å². The minimum absolute atomic E-state index is 0.530. The van der Waals surface area contributed by atoms with Gasteiger partial charge >= 0.3 is 0 Å². The molecule has 0 saturated heterocycles. The Labute approximate surface area is 243 Å². The first-order chi connectivity index (χ1) is 19.5. The topological polar surface area (TPSA) is 50.8 Å². The number of hydrogen-bond donors (Lipinski definition) is 0. The van der Waals surface area contributed by atoms with Crippen molar-refractivity contribution in [1.82, 2.24) is 0 Å². The third kappa shape index (κ3) is 3.72. The van der Waals surface area contributed by atoms with E-state index < -0.39 is 8.07 Å². The van der Waals surface area contributed by atoms with Crippen molar-refractivity contribution >= 4 is 59.0 Å². The number of nitriles is 2. The molecule has 2 aliphatic rings. The second-order valence-corrected chi connectivity index (χ2v) is 16.9. The summed E-state index contributed by atoms with van der Waals surface area (Å²) in [5.41, 5.74) is 6.08. The molecule has 0 radical (unpaired) electrons. The molecule has 0 bridgehead atoms. The maximum absolute atomic E-state index is 10.2. The monoisotopic (exact) mass is 565 g/mol. The van der Waals surface area contributed by atoms with Gasteiger partial charge in [-0.05, 0) is 70.5 Å². The van der Waals surface area contributed by atoms with Gasteiger partial charge in [0.2, 0.25) is 0 Å². The van der Waals surface area contributed by atoms with Gasteiger partial charge in [0.05, 0.1) is 34.6 Å². The smallest absolute Gasteiger partial charge is 0.115 e. The second kappa shape index (κ2) is 9.47. The summed E-state index contributed by atoms with van der Waals surface area (Å²) in [7, 11) is -2.21. The molecule has 40 heavy (non-hydrogen) atoms. The highest BCUT2D eigenvalue weighted by atomic mass is 32.2. The van der Waals surface area contributed by atoms with Crippen molar-refractivity contribution in [2.45, 2.75) is 32.7 Å². The summed E-state index contributed by atoms with van der Waals surface area (Å²) in [6, 6.07) is 40.5. The van der Waals surface area contributed by atoms with Crippen molar-refractivity contribution in [3.05, 3.63) is 114 Å². The Balaban J connectivity index is 1.58. The largest absolute Gasteiger partial charge is 0.308 e. The standard InChI is InChI=1S/C34H23N3S2Si/c1-40(2)32-17-8-7-16-30(32)39-31-19-24(18-25(34(31)40)33-22(20-35)10-9-11-23(33)21-36)37-26-12-3-5-14-28(26)38-29-15-6-4-13-27(29)37/h3-19H,1-2H3. The third-order valence-electron chi connectivity index (χ3n) is 7.76. The molecule has 0 spiro atoms. The maximum Gasteiger partial charge on any atom is 0.115 e. The van der Waals surface area contributed by atoms with Crippen molar-refractivity contribution in [2.24, 2.45) is 0 Å². The van der Waals surface area contributed by atoms with Gasteiger partial charge in [-0.1, -0.05) is 85.1 Å². The lowest BCUT2D eigenvalue weighted by Crippen LogP contribution is -2.57. The van der Waals surface area contributed by atoms with Crippen molar-refractivity contribution in [3.63, 3.8) is 0 Å². The van der Waals surface area contributed by atoms with Gasteiger partial charge in [-0.2, -0.15) is 10.5 Å². The van der Waals surface area contributed by atoms with Crippen LogP contribution in [0.3, 0.4) is 0 Å². The first-order valence-electron chi connectivity index (χ1n) is 13.1. The Morgan fingerprint density at radius 2 is 1.18 bits per heavy atom. The van der Waals surface area contributed by atoms with Crippen LogP contribution in [0.25, 0.3) is 11.1 Å². The van der Waals surface area contributed by atoms with Gasteiger partial charge in [-0.25, -0.2) is 0 Å². The molecular weight excluding hydrogens is 543 g/mol. The number of nitrogens with zero attached hydrogens (tertiary/aromatic N) is 3. The number of rotatable bonds is 2. The average molecular weight is 566 g/mol. The number of fused-ring (bicyclic) bond motifs is 4. The molecule has 2 heterocycles. The van der Waals surface area contributed by atoms with Crippen LogP contribution < -0.4 is 15.3 Å². The van der Waals surface area contributed by atoms with Gasteiger partial charge in [-0.15, -0.1) is 0 Å². The number of para-hydroxylation sites is 2. The Hall–Kier alpha value is -4.20. The van der Waals surface area contributed by atoms with Crippen LogP contribution >= 0.6 is 23.5 Å². The van der Waals surface area contributed by atoms with Gasteiger partial charge in [0.15, 0.2) is 0 Å². The summed E-state index contributed by atoms with van der Waals surface area (Å²) in [4.78, 5) is 7.22. The van der Waals surface area contributed by atoms with Crippen molar-refractivity contribution < 1.29 is 0 Å². The van der Waals surface area contributed by atoms with E-state index in [1.165, 1.54) is 30.0 Å². The van der Waals surface area contributed by atoms with Gasteiger partial charge < -0.3 is 4.90 Å². The van der Waals surface area contributed by atoms with Crippen LogP contribution in [0.1, 0.15) is 11.1 Å². The summed E-state index contributed by atoms with van der Waals surface area (Å²) < 4.78 is 0. The van der Waals surface area contributed by atoms with E-state index in [-0.39, 0.29) is 0 Å². The molecule has 0 aromatic heterocycles. The average Bonchev–Trinajstić information content (AvgIpc) is 2.98. The highest BCUT2D eigenvalue weighted by Crippen LogP contribution is 2.52. The van der Waals surface area contributed by atoms with E-state index in [9.17, 15) is 10.5 Å². The zero-order valence-electron chi connectivity index (χ0n) is 22.0. The summed E-state index contributed by atoms with van der Waals surface area (Å²) in [6.45, 7) is 4.77. The van der Waals surface area contributed by atoms with Crippen LogP contribution in [0, 0.1) is 22.7 Å². The Kier molecular flexibility index (Phi) is 5.87. The van der Waals surface area contributed by atoms with E-state index in [1.54, 1.807) is 29.6 Å². The zero-order chi connectivity index (χ0) is 27.4. The maximum atomic E-state index is 10.2. The Bertz CT molecular complexity index is 1860. The normalized spacial score (nSPS) is 14.2. The number of benzene rings is 5. The SMILES string of the molecule is C[Si]1(C)c2ccccc2Sc2cc(N3c4ccccc4Sc4ccccc43)cc(-c3c(C#N)cccc3C#N)c21. The lowest BCUT2D eigenvalue weighted by molar-refractivity contribution is 1.16. The molecule has 0 saturated carbocycles. The third-order valence-corrected chi connectivity index (χ3v) is 13.9. The molecule has 0 atom stereocenters. The van der Waals surface area contributed by atoms with Gasteiger partial charge in [0.1, 0.15) is 8.07 Å². The van der Waals surface area contributed by atoms with Crippen LogP contribution in [0.4, 0.5) is 17.1 Å². The van der Waals surface area contributed by atoms with E-state index in [4.69, 9.17) is 0 Å². The molecule has 0 amide bonds. The molecule has 190 valence electrons. The fourth-order valence-electron chi connectivity index (χ4n) is 5.99. The number of anilines is 3. The van der Waals surface area contributed by atoms with E-state index >= 15 is 0 Å². The first kappa shape index (κ1) is 24.8. The predicted molar refractivity (Wildman–Crippen MR) is 167 cm³/mol. The van der Waals surface area contributed by atoms with Crippen molar-refractivity contribution in [1.29, 1.82) is 10.5 Å². The van der Waals surface area contributed by atoms with Crippen LogP contribution in [0.5, 0.6) is 0 Å². The molecule has 5 aromatic carbocycles. The zero-order valence-corrected chi connectivity index (χ0v) is 24.6. The molecule has 0 unspecified atom stereocenters. The molecule has 5 aromatic rings. The summed E-state index contributed by atoms with van der Waals surface area (Å²) in [5, 5.41) is 23.1. The predicted octanol–water partition coefficient (Wildman–Crippen LogP) is 8.32. The molecule has 0 fully saturated rings. The van der Waals surface area contributed by atoms with E-state index in [0.29, 0.717) is 11.1 Å². The molecule has 0 aliphatic carbocycles.